The molecule has 17 heavy (non-hydrogen) atoms. The van der Waals surface area contributed by atoms with Crippen LogP contribution in [0.3, 0.4) is 0 Å². The van der Waals surface area contributed by atoms with Crippen LogP contribution in [0.1, 0.15) is 56.7 Å². The van der Waals surface area contributed by atoms with Crippen LogP contribution in [0.15, 0.2) is 21.2 Å². The highest BCUT2D eigenvalue weighted by Gasteiger charge is 2.26. The molecule has 0 spiro atoms. The van der Waals surface area contributed by atoms with Gasteiger partial charge in [0.1, 0.15) is 5.76 Å². The lowest BCUT2D eigenvalue weighted by Crippen LogP contribution is -2.34. The molecule has 3 N–H and O–H groups in total. The van der Waals surface area contributed by atoms with E-state index in [0.717, 1.165) is 10.2 Å². The fraction of sp³-hybridized carbons (Fsp3) is 0.692. The second-order valence-electron chi connectivity index (χ2n) is 4.88. The molecule has 1 heterocycles. The van der Waals surface area contributed by atoms with E-state index in [1.165, 1.54) is 44.9 Å². The molecule has 1 aliphatic rings. The summed E-state index contributed by atoms with van der Waals surface area (Å²) in [6.07, 6.45) is 10.9. The molecule has 1 unspecified atom stereocenters. The molecule has 1 atom stereocenters. The zero-order chi connectivity index (χ0) is 12.1. The van der Waals surface area contributed by atoms with E-state index in [4.69, 9.17) is 10.3 Å². The Morgan fingerprint density at radius 1 is 1.24 bits per heavy atom. The molecular formula is C13H21BrN2O. The largest absolute Gasteiger partial charge is 0.466 e. The Morgan fingerprint density at radius 3 is 2.41 bits per heavy atom. The minimum Gasteiger partial charge on any atom is -0.466 e. The summed E-state index contributed by atoms with van der Waals surface area (Å²) >= 11 is 3.52. The van der Waals surface area contributed by atoms with E-state index in [0.29, 0.717) is 5.92 Å². The molecule has 2 rings (SSSR count). The first kappa shape index (κ1) is 13.1. The van der Waals surface area contributed by atoms with E-state index < -0.39 is 0 Å². The van der Waals surface area contributed by atoms with Crippen molar-refractivity contribution in [1.29, 1.82) is 0 Å². The van der Waals surface area contributed by atoms with Gasteiger partial charge in [-0.3, -0.25) is 5.84 Å². The Balaban J connectivity index is 2.08. The SMILES string of the molecule is NNC(c1occc1Br)C1CCCCCCC1. The molecular weight excluding hydrogens is 280 g/mol. The van der Waals surface area contributed by atoms with Gasteiger partial charge in [0, 0.05) is 0 Å². The Labute approximate surface area is 111 Å². The highest BCUT2D eigenvalue weighted by molar-refractivity contribution is 9.10. The van der Waals surface area contributed by atoms with Gasteiger partial charge in [0.15, 0.2) is 0 Å². The number of hydrogen-bond donors (Lipinski definition) is 2. The summed E-state index contributed by atoms with van der Waals surface area (Å²) in [7, 11) is 0. The van der Waals surface area contributed by atoms with Gasteiger partial charge >= 0.3 is 0 Å². The van der Waals surface area contributed by atoms with Crippen molar-refractivity contribution >= 4 is 15.9 Å². The lowest BCUT2D eigenvalue weighted by atomic mass is 9.85. The van der Waals surface area contributed by atoms with Crippen molar-refractivity contribution in [3.05, 3.63) is 22.6 Å². The molecule has 1 saturated carbocycles. The molecule has 4 heteroatoms. The van der Waals surface area contributed by atoms with E-state index in [1.54, 1.807) is 6.26 Å². The Hall–Kier alpha value is -0.320. The lowest BCUT2D eigenvalue weighted by Gasteiger charge is -2.27. The first-order valence-corrected chi connectivity index (χ1v) is 7.31. The highest BCUT2D eigenvalue weighted by atomic mass is 79.9. The Bertz CT molecular complexity index is 332. The minimum absolute atomic E-state index is 0.137. The van der Waals surface area contributed by atoms with Crippen LogP contribution in [0.5, 0.6) is 0 Å². The monoisotopic (exact) mass is 300 g/mol. The van der Waals surface area contributed by atoms with Crippen molar-refractivity contribution in [2.24, 2.45) is 11.8 Å². The van der Waals surface area contributed by atoms with Crippen LogP contribution >= 0.6 is 15.9 Å². The zero-order valence-electron chi connectivity index (χ0n) is 10.1. The average Bonchev–Trinajstić information content (AvgIpc) is 2.69. The summed E-state index contributed by atoms with van der Waals surface area (Å²) in [6.45, 7) is 0. The maximum Gasteiger partial charge on any atom is 0.136 e. The molecule has 3 nitrogen and oxygen atoms in total. The van der Waals surface area contributed by atoms with Gasteiger partial charge in [-0.15, -0.1) is 0 Å². The van der Waals surface area contributed by atoms with Gasteiger partial charge in [-0.25, -0.2) is 5.43 Å². The van der Waals surface area contributed by atoms with E-state index in [-0.39, 0.29) is 6.04 Å². The first-order valence-electron chi connectivity index (χ1n) is 6.52. The van der Waals surface area contributed by atoms with Crippen molar-refractivity contribution in [2.45, 2.75) is 51.0 Å². The molecule has 0 radical (unpaired) electrons. The zero-order valence-corrected chi connectivity index (χ0v) is 11.7. The second kappa shape index (κ2) is 6.57. The number of hydrazine groups is 1. The number of furan rings is 1. The summed E-state index contributed by atoms with van der Waals surface area (Å²) in [5, 5.41) is 0. The van der Waals surface area contributed by atoms with Crippen molar-refractivity contribution in [3.63, 3.8) is 0 Å². The van der Waals surface area contributed by atoms with Crippen molar-refractivity contribution in [3.8, 4) is 0 Å². The number of rotatable bonds is 3. The summed E-state index contributed by atoms with van der Waals surface area (Å²) < 4.78 is 6.57. The molecule has 1 aromatic rings. The third kappa shape index (κ3) is 3.33. The van der Waals surface area contributed by atoms with Gasteiger partial charge in [-0.2, -0.15) is 0 Å². The van der Waals surface area contributed by atoms with Crippen LogP contribution in [0.25, 0.3) is 0 Å². The molecule has 0 aromatic carbocycles. The normalized spacial score (nSPS) is 20.8. The van der Waals surface area contributed by atoms with E-state index in [1.807, 2.05) is 6.07 Å². The van der Waals surface area contributed by atoms with E-state index in [2.05, 4.69) is 21.4 Å². The summed E-state index contributed by atoms with van der Waals surface area (Å²) in [5.41, 5.74) is 2.94. The summed E-state index contributed by atoms with van der Waals surface area (Å²) in [4.78, 5) is 0. The van der Waals surface area contributed by atoms with Crippen LogP contribution < -0.4 is 11.3 Å². The minimum atomic E-state index is 0.137. The van der Waals surface area contributed by atoms with Crippen LogP contribution in [-0.2, 0) is 0 Å². The Kier molecular flexibility index (Phi) is 5.07. The molecule has 1 fully saturated rings. The predicted molar refractivity (Wildman–Crippen MR) is 72.3 cm³/mol. The smallest absolute Gasteiger partial charge is 0.136 e. The lowest BCUT2D eigenvalue weighted by molar-refractivity contribution is 0.259. The van der Waals surface area contributed by atoms with Crippen molar-refractivity contribution in [1.82, 2.24) is 5.43 Å². The van der Waals surface area contributed by atoms with Gasteiger partial charge in [0.25, 0.3) is 0 Å². The van der Waals surface area contributed by atoms with Gasteiger partial charge in [0.2, 0.25) is 0 Å². The fourth-order valence-corrected chi connectivity index (χ4v) is 3.22. The van der Waals surface area contributed by atoms with Crippen LogP contribution in [0, 0.1) is 5.92 Å². The van der Waals surface area contributed by atoms with Crippen LogP contribution in [0.4, 0.5) is 0 Å². The standard InChI is InChI=1S/C13H21BrN2O/c14-11-8-9-17-13(11)12(16-15)10-6-4-2-1-3-5-7-10/h8-10,12,16H,1-7,15H2. The second-order valence-corrected chi connectivity index (χ2v) is 5.74. The van der Waals surface area contributed by atoms with E-state index in [9.17, 15) is 0 Å². The number of nitrogens with one attached hydrogen (secondary N) is 1. The molecule has 0 amide bonds. The van der Waals surface area contributed by atoms with Crippen molar-refractivity contribution < 1.29 is 4.42 Å². The maximum atomic E-state index is 5.72. The van der Waals surface area contributed by atoms with Crippen LogP contribution in [-0.4, -0.2) is 0 Å². The van der Waals surface area contributed by atoms with E-state index >= 15 is 0 Å². The number of hydrogen-bond acceptors (Lipinski definition) is 3. The van der Waals surface area contributed by atoms with Gasteiger partial charge in [-0.1, -0.05) is 32.1 Å². The molecule has 96 valence electrons. The molecule has 0 saturated heterocycles. The number of nitrogens with two attached hydrogens (primary N) is 1. The topological polar surface area (TPSA) is 51.2 Å². The third-order valence-electron chi connectivity index (χ3n) is 3.73. The fourth-order valence-electron chi connectivity index (χ4n) is 2.77. The quantitative estimate of drug-likeness (QED) is 0.657. The summed E-state index contributed by atoms with van der Waals surface area (Å²) in [6, 6.07) is 2.07. The highest BCUT2D eigenvalue weighted by Crippen LogP contribution is 2.35. The first-order chi connectivity index (χ1) is 8.33. The molecule has 1 aromatic heterocycles. The molecule has 0 aliphatic heterocycles. The Morgan fingerprint density at radius 2 is 1.88 bits per heavy atom. The van der Waals surface area contributed by atoms with Crippen LogP contribution in [0.2, 0.25) is 0 Å². The summed E-state index contributed by atoms with van der Waals surface area (Å²) in [5.74, 6) is 7.25. The van der Waals surface area contributed by atoms with Crippen molar-refractivity contribution in [2.75, 3.05) is 0 Å². The molecule has 0 bridgehead atoms. The van der Waals surface area contributed by atoms with Gasteiger partial charge in [-0.05, 0) is 40.8 Å². The maximum absolute atomic E-state index is 5.72. The average molecular weight is 301 g/mol. The van der Waals surface area contributed by atoms with Gasteiger partial charge in [0.05, 0.1) is 16.8 Å². The number of halogens is 1. The third-order valence-corrected chi connectivity index (χ3v) is 4.38. The molecule has 1 aliphatic carbocycles. The predicted octanol–water partition coefficient (Wildman–Crippen LogP) is 3.91. The van der Waals surface area contributed by atoms with Gasteiger partial charge < -0.3 is 4.42 Å².